The van der Waals surface area contributed by atoms with Crippen LogP contribution in [0.2, 0.25) is 0 Å². The number of thiocarbonyl (C=S) groups is 1. The molecule has 0 spiro atoms. The summed E-state index contributed by atoms with van der Waals surface area (Å²) in [4.78, 5) is 46.4. The van der Waals surface area contributed by atoms with Gasteiger partial charge in [-0.15, -0.1) is 0 Å². The minimum Gasteiger partial charge on any atom is -0.457 e. The van der Waals surface area contributed by atoms with Crippen LogP contribution in [0.5, 0.6) is 23.0 Å². The molecule has 2 saturated heterocycles. The first-order valence-electron chi connectivity index (χ1n) is 25.3. The number of imidazole rings is 1. The molecule has 392 valence electrons. The highest BCUT2D eigenvalue weighted by molar-refractivity contribution is 7.78. The number of aliphatic imine (C=N–C) groups is 1. The van der Waals surface area contributed by atoms with Gasteiger partial charge in [-0.2, -0.15) is 4.99 Å². The number of hydrogen-bond acceptors (Lipinski definition) is 14. The monoisotopic (exact) mass is 1040 g/mol. The van der Waals surface area contributed by atoms with Gasteiger partial charge < -0.3 is 30.4 Å². The van der Waals surface area contributed by atoms with Crippen LogP contribution in [-0.2, 0) is 29.5 Å². The van der Waals surface area contributed by atoms with E-state index in [9.17, 15) is 18.4 Å². The van der Waals surface area contributed by atoms with Crippen molar-refractivity contribution < 1.29 is 27.8 Å². The van der Waals surface area contributed by atoms with Gasteiger partial charge in [-0.05, 0) is 162 Å². The molecule has 2 fully saturated rings. The third kappa shape index (κ3) is 16.5. The number of nitrogens with zero attached hydrogens (tertiary/aromatic N) is 7. The van der Waals surface area contributed by atoms with E-state index >= 15 is 0 Å². The molecule has 0 radical (unpaired) electrons. The molecule has 4 N–H and O–H groups in total. The summed E-state index contributed by atoms with van der Waals surface area (Å²) in [5.41, 5.74) is 13.0. The van der Waals surface area contributed by atoms with E-state index in [1.807, 2.05) is 75.0 Å². The number of halogens is 2. The van der Waals surface area contributed by atoms with Crippen molar-refractivity contribution in [2.45, 2.75) is 66.2 Å². The number of isothiocyanates is 1. The van der Waals surface area contributed by atoms with Crippen molar-refractivity contribution in [3.63, 3.8) is 0 Å². The lowest BCUT2D eigenvalue weighted by molar-refractivity contribution is -0.120. The highest BCUT2D eigenvalue weighted by atomic mass is 32.1. The Bertz CT molecular complexity index is 3130. The second-order valence-corrected chi connectivity index (χ2v) is 19.6. The number of ether oxygens (including phenoxy) is 2. The normalized spacial score (nSPS) is 14.1. The molecule has 17 heteroatoms. The van der Waals surface area contributed by atoms with Crippen molar-refractivity contribution in [1.29, 1.82) is 0 Å². The first kappa shape index (κ1) is 55.3. The highest BCUT2D eigenvalue weighted by Crippen LogP contribution is 2.31. The quantitative estimate of drug-likeness (QED) is 0.0476. The number of ketones is 2. The van der Waals surface area contributed by atoms with E-state index < -0.39 is 0 Å². The molecule has 5 heterocycles. The molecule has 14 nitrogen and oxygen atoms in total. The van der Waals surface area contributed by atoms with Crippen molar-refractivity contribution >= 4 is 68.7 Å². The maximum Gasteiger partial charge on any atom is 0.208 e. The average molecular weight is 1040 g/mol. The van der Waals surface area contributed by atoms with E-state index in [1.165, 1.54) is 25.0 Å². The SMILES string of the molecule is CNc1ccc(Oc2ccnc(CC(=O)CN3CCC(C)CC3)c2)cc1N.Cc1ccc(F)c(N=C=S)c1.Cc1ccc(F)c(Nc2nc3cc(Oc4ccnc(CC(=O)CN5CCC(C)CC5)c4)ccc3n2C)c1. The molecule has 0 unspecified atom stereocenters. The minimum absolute atomic E-state index is 0.166. The van der Waals surface area contributed by atoms with Crippen molar-refractivity contribution in [2.24, 2.45) is 23.9 Å². The average Bonchev–Trinajstić information content (AvgIpc) is 3.69. The molecule has 7 aromatic rings. The zero-order chi connectivity index (χ0) is 53.4. The number of aryl methyl sites for hydroxylation is 3. The molecule has 2 aliphatic heterocycles. The standard InChI is InChI=1S/C29H32FN5O2.C21H28N4O2.C8H6FNS/c1-19-9-12-35(13-10-19)18-22(36)15-21-16-24(8-11-31-21)37-23-5-7-28-27(17-23)33-29(34(28)3)32-26-14-20(2)4-6-25(26)30;1-15-6-9-25(10-7-15)14-17(26)11-16-12-19(5-8-24-16)27-18-3-4-21(23-2)20(22)13-18;1-6-2-3-7(9)8(4-6)10-5-11/h4-8,11,14,16-17,19H,9-10,12-13,15,18H2,1-3H3,(H,32,33);3-5,8,12-13,15,23H,6-7,9-11,14,22H2,1-2H3;2-4H,1H3. The molecule has 2 aliphatic rings. The minimum atomic E-state index is -0.368. The number of nitrogens with one attached hydrogen (secondary N) is 2. The Morgan fingerprint density at radius 2 is 1.23 bits per heavy atom. The van der Waals surface area contributed by atoms with Crippen LogP contribution in [0.25, 0.3) is 11.0 Å². The zero-order valence-electron chi connectivity index (χ0n) is 43.5. The lowest BCUT2D eigenvalue weighted by Gasteiger charge is -2.29. The Morgan fingerprint density at radius 1 is 0.707 bits per heavy atom. The second-order valence-electron chi connectivity index (χ2n) is 19.4. The van der Waals surface area contributed by atoms with Crippen LogP contribution < -0.4 is 25.8 Å². The molecule has 9 rings (SSSR count). The Balaban J connectivity index is 0.000000188. The van der Waals surface area contributed by atoms with Gasteiger partial charge in [0.15, 0.2) is 11.6 Å². The Hall–Kier alpha value is -7.43. The molecule has 0 amide bonds. The van der Waals surface area contributed by atoms with E-state index in [-0.39, 0.29) is 35.3 Å². The van der Waals surface area contributed by atoms with Crippen LogP contribution in [0.4, 0.5) is 37.5 Å². The first-order chi connectivity index (χ1) is 36.1. The summed E-state index contributed by atoms with van der Waals surface area (Å²) in [5.74, 6) is 4.22. The van der Waals surface area contributed by atoms with Gasteiger partial charge in [-0.1, -0.05) is 26.0 Å². The third-order valence-corrected chi connectivity index (χ3v) is 13.2. The largest absolute Gasteiger partial charge is 0.457 e. The predicted molar refractivity (Wildman–Crippen MR) is 297 cm³/mol. The van der Waals surface area contributed by atoms with Gasteiger partial charge in [0.2, 0.25) is 5.95 Å². The highest BCUT2D eigenvalue weighted by Gasteiger charge is 2.20. The number of rotatable bonds is 16. The van der Waals surface area contributed by atoms with E-state index in [0.717, 1.165) is 84.4 Å². The molecular weight excluding hydrogens is 971 g/mol. The summed E-state index contributed by atoms with van der Waals surface area (Å²) in [5, 5.41) is 8.23. The Labute approximate surface area is 443 Å². The number of fused-ring (bicyclic) bond motifs is 1. The molecule has 0 aliphatic carbocycles. The number of carbonyl (C=O) groups is 2. The third-order valence-electron chi connectivity index (χ3n) is 13.1. The van der Waals surface area contributed by atoms with Gasteiger partial charge in [0.05, 0.1) is 70.6 Å². The number of piperidine rings is 2. The lowest BCUT2D eigenvalue weighted by atomic mass is 9.99. The number of pyridine rings is 2. The number of aromatic nitrogens is 4. The maximum absolute atomic E-state index is 14.2. The number of hydrogen-bond donors (Lipinski definition) is 3. The van der Waals surface area contributed by atoms with Gasteiger partial charge in [0.25, 0.3) is 0 Å². The summed E-state index contributed by atoms with van der Waals surface area (Å²) >= 11 is 4.35. The number of anilines is 4. The van der Waals surface area contributed by atoms with Gasteiger partial charge in [0, 0.05) is 50.8 Å². The molecule has 4 aromatic carbocycles. The van der Waals surface area contributed by atoms with Crippen molar-refractivity contribution in [3.05, 3.63) is 144 Å². The number of nitrogens with two attached hydrogens (primary N) is 1. The molecule has 0 atom stereocenters. The van der Waals surface area contributed by atoms with E-state index in [2.05, 4.69) is 71.6 Å². The van der Waals surface area contributed by atoms with Crippen LogP contribution in [0.15, 0.2) is 114 Å². The summed E-state index contributed by atoms with van der Waals surface area (Å²) in [7, 11) is 3.70. The lowest BCUT2D eigenvalue weighted by Crippen LogP contribution is -2.37. The van der Waals surface area contributed by atoms with Crippen molar-refractivity contribution in [3.8, 4) is 23.0 Å². The topological polar surface area (TPSA) is 165 Å². The van der Waals surface area contributed by atoms with Crippen LogP contribution in [-0.4, -0.2) is 92.4 Å². The zero-order valence-corrected chi connectivity index (χ0v) is 44.4. The number of Topliss-reactive ketones (excluding diaryl/α,β-unsaturated/α-hetero) is 2. The maximum atomic E-state index is 14.2. The number of benzene rings is 4. The summed E-state index contributed by atoms with van der Waals surface area (Å²) in [6.45, 7) is 13.3. The van der Waals surface area contributed by atoms with E-state index in [0.29, 0.717) is 65.5 Å². The van der Waals surface area contributed by atoms with Crippen LogP contribution in [0, 0.1) is 37.3 Å². The summed E-state index contributed by atoms with van der Waals surface area (Å²) in [6.07, 6.45) is 8.58. The van der Waals surface area contributed by atoms with Crippen molar-refractivity contribution in [2.75, 3.05) is 62.7 Å². The van der Waals surface area contributed by atoms with Gasteiger partial charge >= 0.3 is 0 Å². The summed E-state index contributed by atoms with van der Waals surface area (Å²) < 4.78 is 40.9. The number of nitrogen functional groups attached to an aromatic ring is 1. The van der Waals surface area contributed by atoms with Gasteiger partial charge in [-0.25, -0.2) is 13.8 Å². The molecule has 0 saturated carbocycles. The fourth-order valence-electron chi connectivity index (χ4n) is 8.76. The first-order valence-corrected chi connectivity index (χ1v) is 25.7. The number of likely N-dealkylation sites (tertiary alicyclic amines) is 2. The Kier molecular flexibility index (Phi) is 19.7. The van der Waals surface area contributed by atoms with Gasteiger partial charge in [0.1, 0.15) is 40.3 Å². The second kappa shape index (κ2) is 26.7. The molecule has 3 aromatic heterocycles. The van der Waals surface area contributed by atoms with E-state index in [4.69, 9.17) is 15.2 Å². The fraction of sp³-hybridized carbons (Fsp3) is 0.345. The van der Waals surface area contributed by atoms with E-state index in [1.54, 1.807) is 54.9 Å². The van der Waals surface area contributed by atoms with Crippen LogP contribution >= 0.6 is 12.2 Å². The van der Waals surface area contributed by atoms with Gasteiger partial charge in [-0.3, -0.25) is 29.4 Å². The molecular formula is C58H66F2N10O4S. The smallest absolute Gasteiger partial charge is 0.208 e. The summed E-state index contributed by atoms with van der Waals surface area (Å²) in [6, 6.07) is 27.9. The number of carbonyl (C=O) groups excluding carboxylic acids is 2. The Morgan fingerprint density at radius 3 is 1.77 bits per heavy atom. The predicted octanol–water partition coefficient (Wildman–Crippen LogP) is 12.0. The fourth-order valence-corrected chi connectivity index (χ4v) is 8.86. The molecule has 0 bridgehead atoms. The molecule has 75 heavy (non-hydrogen) atoms. The van der Waals surface area contributed by atoms with Crippen LogP contribution in [0.3, 0.4) is 0 Å². The van der Waals surface area contributed by atoms with Crippen molar-refractivity contribution in [1.82, 2.24) is 29.3 Å². The van der Waals surface area contributed by atoms with Crippen LogP contribution in [0.1, 0.15) is 62.0 Å².